The summed E-state index contributed by atoms with van der Waals surface area (Å²) in [5.41, 5.74) is 3.55. The van der Waals surface area contributed by atoms with Crippen molar-refractivity contribution in [1.29, 1.82) is 0 Å². The van der Waals surface area contributed by atoms with E-state index in [-0.39, 0.29) is 24.4 Å². The largest absolute Gasteiger partial charge is 0.385 e. The van der Waals surface area contributed by atoms with E-state index in [1.165, 1.54) is 16.0 Å². The number of aryl methyl sites for hydroxylation is 1. The molecule has 2 amide bonds. The molecule has 2 heterocycles. The third kappa shape index (κ3) is 5.95. The highest BCUT2D eigenvalue weighted by Crippen LogP contribution is 2.38. The van der Waals surface area contributed by atoms with Crippen molar-refractivity contribution in [2.24, 2.45) is 0 Å². The fraction of sp³-hybridized carbons (Fsp3) is 0.520. The monoisotopic (exact) mass is 442 g/mol. The Hall–Kier alpha value is -2.18. The molecule has 1 aliphatic rings. The lowest BCUT2D eigenvalue weighted by Crippen LogP contribution is -2.47. The predicted octanol–water partition coefficient (Wildman–Crippen LogP) is 4.59. The quantitative estimate of drug-likeness (QED) is 0.506. The molecule has 168 valence electrons. The first-order valence-electron chi connectivity index (χ1n) is 11.2. The first kappa shape index (κ1) is 23.5. The summed E-state index contributed by atoms with van der Waals surface area (Å²) in [5.74, 6) is 0.0797. The fourth-order valence-electron chi connectivity index (χ4n) is 4.13. The minimum Gasteiger partial charge on any atom is -0.385 e. The van der Waals surface area contributed by atoms with Crippen LogP contribution in [0, 0.1) is 6.92 Å². The summed E-state index contributed by atoms with van der Waals surface area (Å²) in [6, 6.07) is 10.5. The van der Waals surface area contributed by atoms with Gasteiger partial charge in [0.2, 0.25) is 11.8 Å². The summed E-state index contributed by atoms with van der Waals surface area (Å²) >= 11 is 1.77. The van der Waals surface area contributed by atoms with Crippen molar-refractivity contribution in [2.45, 2.75) is 52.0 Å². The van der Waals surface area contributed by atoms with Crippen LogP contribution in [0.15, 0.2) is 35.7 Å². The number of hydrogen-bond acceptors (Lipinski definition) is 4. The van der Waals surface area contributed by atoms with Gasteiger partial charge in [-0.25, -0.2) is 0 Å². The van der Waals surface area contributed by atoms with Crippen LogP contribution in [0.2, 0.25) is 0 Å². The van der Waals surface area contributed by atoms with Gasteiger partial charge in [-0.3, -0.25) is 9.59 Å². The number of hydrogen-bond donors (Lipinski definition) is 0. The molecule has 6 heteroatoms. The van der Waals surface area contributed by atoms with Gasteiger partial charge < -0.3 is 14.5 Å². The second kappa shape index (κ2) is 11.4. The molecule has 0 bridgehead atoms. The summed E-state index contributed by atoms with van der Waals surface area (Å²) in [6.07, 6.45) is 3.91. The zero-order valence-corrected chi connectivity index (χ0v) is 19.7. The molecular formula is C25H34N2O3S. The van der Waals surface area contributed by atoms with Crippen LogP contribution in [0.5, 0.6) is 0 Å². The molecule has 3 rings (SSSR count). The average molecular weight is 443 g/mol. The van der Waals surface area contributed by atoms with E-state index in [1.54, 1.807) is 23.3 Å². The van der Waals surface area contributed by atoms with E-state index in [0.717, 1.165) is 31.2 Å². The Labute approximate surface area is 190 Å². The number of ether oxygens (including phenoxy) is 1. The zero-order valence-electron chi connectivity index (χ0n) is 18.9. The van der Waals surface area contributed by atoms with Crippen molar-refractivity contribution >= 4 is 23.2 Å². The number of thiophene rings is 1. The van der Waals surface area contributed by atoms with Crippen LogP contribution in [-0.4, -0.2) is 55.0 Å². The molecule has 5 nitrogen and oxygen atoms in total. The zero-order chi connectivity index (χ0) is 22.2. The number of unbranched alkanes of at least 4 members (excludes halogenated alkanes) is 1. The van der Waals surface area contributed by atoms with E-state index < -0.39 is 0 Å². The Morgan fingerprint density at radius 2 is 1.97 bits per heavy atom. The van der Waals surface area contributed by atoms with Gasteiger partial charge in [0.05, 0.1) is 12.6 Å². The summed E-state index contributed by atoms with van der Waals surface area (Å²) < 4.78 is 5.16. The van der Waals surface area contributed by atoms with Gasteiger partial charge in [0, 0.05) is 38.1 Å². The van der Waals surface area contributed by atoms with Gasteiger partial charge in [-0.15, -0.1) is 11.3 Å². The van der Waals surface area contributed by atoms with E-state index in [1.807, 2.05) is 4.90 Å². The van der Waals surface area contributed by atoms with Gasteiger partial charge in [-0.1, -0.05) is 43.2 Å². The molecule has 0 spiro atoms. The number of amides is 2. The lowest BCUT2D eigenvalue weighted by atomic mass is 9.92. The normalized spacial score (nSPS) is 15.6. The van der Waals surface area contributed by atoms with Gasteiger partial charge in [0.15, 0.2) is 0 Å². The van der Waals surface area contributed by atoms with Crippen LogP contribution in [0.1, 0.15) is 60.2 Å². The molecule has 1 atom stereocenters. The van der Waals surface area contributed by atoms with Gasteiger partial charge >= 0.3 is 0 Å². The maximum atomic E-state index is 13.5. The number of rotatable bonds is 10. The van der Waals surface area contributed by atoms with Crippen molar-refractivity contribution in [2.75, 3.05) is 33.4 Å². The third-order valence-corrected chi connectivity index (χ3v) is 6.88. The molecule has 1 unspecified atom stereocenters. The maximum absolute atomic E-state index is 13.5. The third-order valence-electron chi connectivity index (χ3n) is 5.88. The number of methoxy groups -OCH3 is 1. The van der Waals surface area contributed by atoms with E-state index in [9.17, 15) is 9.59 Å². The summed E-state index contributed by atoms with van der Waals surface area (Å²) in [6.45, 7) is 6.10. The standard InChI is InChI=1S/C25H34N2O3S/c1-4-5-7-23(28)26(14-6-16-30-3)18-24(29)27-15-12-22-21(13-17-31-22)25(27)20-10-8-19(2)9-11-20/h8-11,13,17,25H,4-7,12,14-16,18H2,1-3H3. The highest BCUT2D eigenvalue weighted by molar-refractivity contribution is 7.10. The van der Waals surface area contributed by atoms with E-state index in [0.29, 0.717) is 26.1 Å². The van der Waals surface area contributed by atoms with Crippen molar-refractivity contribution in [1.82, 2.24) is 9.80 Å². The highest BCUT2D eigenvalue weighted by Gasteiger charge is 2.33. The second-order valence-corrected chi connectivity index (χ2v) is 9.22. The van der Waals surface area contributed by atoms with E-state index in [4.69, 9.17) is 4.74 Å². The molecule has 0 saturated carbocycles. The maximum Gasteiger partial charge on any atom is 0.242 e. The van der Waals surface area contributed by atoms with Crippen LogP contribution >= 0.6 is 11.3 Å². The molecular weight excluding hydrogens is 408 g/mol. The minimum absolute atomic E-state index is 0.0182. The topological polar surface area (TPSA) is 49.9 Å². The molecule has 1 aromatic carbocycles. The first-order chi connectivity index (χ1) is 15.0. The number of carbonyl (C=O) groups excluding carboxylic acids is 2. The Bertz CT molecular complexity index is 862. The number of carbonyl (C=O) groups is 2. The lowest BCUT2D eigenvalue weighted by molar-refractivity contribution is -0.142. The van der Waals surface area contributed by atoms with Crippen LogP contribution in [-0.2, 0) is 20.7 Å². The summed E-state index contributed by atoms with van der Waals surface area (Å²) in [4.78, 5) is 31.3. The van der Waals surface area contributed by atoms with E-state index in [2.05, 4.69) is 49.6 Å². The van der Waals surface area contributed by atoms with Gasteiger partial charge in [-0.05, 0) is 48.8 Å². The van der Waals surface area contributed by atoms with Crippen LogP contribution in [0.3, 0.4) is 0 Å². The molecule has 2 aromatic rings. The SMILES string of the molecule is CCCCC(=O)N(CCCOC)CC(=O)N1CCc2sccc2C1c1ccc(C)cc1. The summed E-state index contributed by atoms with van der Waals surface area (Å²) in [7, 11) is 1.66. The Morgan fingerprint density at radius 1 is 1.19 bits per heavy atom. The van der Waals surface area contributed by atoms with Crippen molar-refractivity contribution in [3.05, 3.63) is 57.3 Å². The Balaban J connectivity index is 1.81. The van der Waals surface area contributed by atoms with Crippen LogP contribution < -0.4 is 0 Å². The molecule has 1 aromatic heterocycles. The van der Waals surface area contributed by atoms with Gasteiger partial charge in [0.1, 0.15) is 0 Å². The van der Waals surface area contributed by atoms with Gasteiger partial charge in [0.25, 0.3) is 0 Å². The molecule has 0 fully saturated rings. The Kier molecular flexibility index (Phi) is 8.67. The molecule has 0 saturated heterocycles. The fourth-order valence-corrected chi connectivity index (χ4v) is 5.03. The lowest BCUT2D eigenvalue weighted by Gasteiger charge is -2.37. The van der Waals surface area contributed by atoms with Gasteiger partial charge in [-0.2, -0.15) is 0 Å². The van der Waals surface area contributed by atoms with Crippen LogP contribution in [0.25, 0.3) is 0 Å². The van der Waals surface area contributed by atoms with Crippen molar-refractivity contribution in [3.63, 3.8) is 0 Å². The number of benzene rings is 1. The molecule has 31 heavy (non-hydrogen) atoms. The van der Waals surface area contributed by atoms with Crippen LogP contribution in [0.4, 0.5) is 0 Å². The highest BCUT2D eigenvalue weighted by atomic mass is 32.1. The molecule has 1 aliphatic heterocycles. The first-order valence-corrected chi connectivity index (χ1v) is 12.1. The summed E-state index contributed by atoms with van der Waals surface area (Å²) in [5, 5.41) is 2.12. The molecule has 0 aliphatic carbocycles. The molecule has 0 radical (unpaired) electrons. The number of nitrogens with zero attached hydrogens (tertiary/aromatic N) is 2. The number of fused-ring (bicyclic) bond motifs is 1. The van der Waals surface area contributed by atoms with E-state index >= 15 is 0 Å². The van der Waals surface area contributed by atoms with Crippen molar-refractivity contribution < 1.29 is 14.3 Å². The molecule has 0 N–H and O–H groups in total. The second-order valence-electron chi connectivity index (χ2n) is 8.21. The van der Waals surface area contributed by atoms with Crippen molar-refractivity contribution in [3.8, 4) is 0 Å². The minimum atomic E-state index is -0.0883. The smallest absolute Gasteiger partial charge is 0.242 e. The Morgan fingerprint density at radius 3 is 2.68 bits per heavy atom. The average Bonchev–Trinajstić information content (AvgIpc) is 3.25. The predicted molar refractivity (Wildman–Crippen MR) is 125 cm³/mol.